The van der Waals surface area contributed by atoms with Gasteiger partial charge in [-0.25, -0.2) is 4.79 Å². The third kappa shape index (κ3) is 2.66. The van der Waals surface area contributed by atoms with E-state index in [2.05, 4.69) is 9.89 Å². The van der Waals surface area contributed by atoms with Crippen LogP contribution in [0.4, 0.5) is 0 Å². The van der Waals surface area contributed by atoms with E-state index in [1.807, 2.05) is 6.92 Å². The van der Waals surface area contributed by atoms with Crippen LogP contribution in [0.1, 0.15) is 21.5 Å². The molecular weight excluding hydrogens is 230 g/mol. The Morgan fingerprint density at radius 1 is 1.50 bits per heavy atom. The minimum absolute atomic E-state index is 0.120. The van der Waals surface area contributed by atoms with Gasteiger partial charge >= 0.3 is 5.97 Å². The Labute approximate surface area is 96.3 Å². The van der Waals surface area contributed by atoms with E-state index < -0.39 is 17.5 Å². The molecule has 0 aliphatic heterocycles. The number of Topliss-reactive ketones (excluding diaryl/α,β-unsaturated/α-hetero) is 1. The lowest BCUT2D eigenvalue weighted by Gasteiger charge is -2.01. The number of aryl methyl sites for hydroxylation is 1. The van der Waals surface area contributed by atoms with Crippen molar-refractivity contribution >= 4 is 28.8 Å². The van der Waals surface area contributed by atoms with Gasteiger partial charge in [0.25, 0.3) is 0 Å². The van der Waals surface area contributed by atoms with Crippen LogP contribution in [0.5, 0.6) is 0 Å². The van der Waals surface area contributed by atoms with E-state index in [1.165, 1.54) is 11.3 Å². The Bertz CT molecular complexity index is 436. The van der Waals surface area contributed by atoms with Gasteiger partial charge in [-0.3, -0.25) is 4.79 Å². The topological polar surface area (TPSA) is 76.0 Å². The molecule has 0 spiro atoms. The summed E-state index contributed by atoms with van der Waals surface area (Å²) >= 11 is 1.23. The molecule has 0 saturated carbocycles. The molecule has 1 N–H and O–H groups in total. The molecule has 0 aliphatic carbocycles. The van der Waals surface area contributed by atoms with Crippen molar-refractivity contribution in [2.45, 2.75) is 13.8 Å². The van der Waals surface area contributed by atoms with Crippen molar-refractivity contribution in [2.24, 2.45) is 5.16 Å². The number of carbonyl (C=O) groups is 2. The minimum atomic E-state index is -0.916. The van der Waals surface area contributed by atoms with E-state index in [-0.39, 0.29) is 6.61 Å². The maximum Gasteiger partial charge on any atom is 0.364 e. The molecule has 0 aromatic carbocycles. The molecule has 0 saturated heterocycles. The second-order valence-electron chi connectivity index (χ2n) is 2.91. The van der Waals surface area contributed by atoms with Crippen molar-refractivity contribution in [3.63, 3.8) is 0 Å². The largest absolute Gasteiger partial charge is 0.461 e. The van der Waals surface area contributed by atoms with Gasteiger partial charge in [0.15, 0.2) is 0 Å². The van der Waals surface area contributed by atoms with E-state index in [1.54, 1.807) is 19.1 Å². The summed E-state index contributed by atoms with van der Waals surface area (Å²) in [6.07, 6.45) is 0. The van der Waals surface area contributed by atoms with Crippen LogP contribution in [-0.2, 0) is 9.53 Å². The number of hydrogen-bond acceptors (Lipinski definition) is 6. The summed E-state index contributed by atoms with van der Waals surface area (Å²) in [5.74, 6) is -1.54. The molecule has 6 heteroatoms. The minimum Gasteiger partial charge on any atom is -0.461 e. The van der Waals surface area contributed by atoms with Crippen molar-refractivity contribution in [3.05, 3.63) is 21.9 Å². The first-order chi connectivity index (χ1) is 7.60. The second kappa shape index (κ2) is 5.41. The lowest BCUT2D eigenvalue weighted by Crippen LogP contribution is -2.26. The molecule has 0 fully saturated rings. The molecule has 5 nitrogen and oxygen atoms in total. The van der Waals surface area contributed by atoms with Crippen LogP contribution in [0.15, 0.2) is 17.3 Å². The van der Waals surface area contributed by atoms with Crippen LogP contribution in [0.3, 0.4) is 0 Å². The summed E-state index contributed by atoms with van der Waals surface area (Å²) in [7, 11) is 0. The Morgan fingerprint density at radius 3 is 2.62 bits per heavy atom. The highest BCUT2D eigenvalue weighted by molar-refractivity contribution is 7.15. The number of oxime groups is 1. The normalized spacial score (nSPS) is 11.2. The summed E-state index contributed by atoms with van der Waals surface area (Å²) in [6.45, 7) is 3.56. The first-order valence-electron chi connectivity index (χ1n) is 4.60. The lowest BCUT2D eigenvalue weighted by atomic mass is 10.2. The van der Waals surface area contributed by atoms with Crippen LogP contribution >= 0.6 is 11.3 Å². The highest BCUT2D eigenvalue weighted by Crippen LogP contribution is 2.16. The third-order valence-corrected chi connectivity index (χ3v) is 2.75. The average Bonchev–Trinajstić information content (AvgIpc) is 2.66. The molecule has 0 bridgehead atoms. The molecule has 0 amide bonds. The van der Waals surface area contributed by atoms with Crippen molar-refractivity contribution in [3.8, 4) is 0 Å². The van der Waals surface area contributed by atoms with Crippen LogP contribution in [0, 0.1) is 6.92 Å². The van der Waals surface area contributed by atoms with Gasteiger partial charge in [0, 0.05) is 4.88 Å². The van der Waals surface area contributed by atoms with E-state index in [0.29, 0.717) is 4.88 Å². The number of thiophene rings is 1. The number of ketones is 1. The van der Waals surface area contributed by atoms with Crippen molar-refractivity contribution in [2.75, 3.05) is 6.61 Å². The van der Waals surface area contributed by atoms with Gasteiger partial charge in [0.05, 0.1) is 11.5 Å². The first-order valence-corrected chi connectivity index (χ1v) is 5.42. The molecule has 0 radical (unpaired) electrons. The number of carbonyl (C=O) groups excluding carboxylic acids is 2. The van der Waals surface area contributed by atoms with Gasteiger partial charge < -0.3 is 9.94 Å². The van der Waals surface area contributed by atoms with E-state index >= 15 is 0 Å². The molecule has 1 rings (SSSR count). The zero-order valence-corrected chi connectivity index (χ0v) is 9.71. The van der Waals surface area contributed by atoms with Gasteiger partial charge in [-0.05, 0) is 26.0 Å². The maximum atomic E-state index is 11.7. The predicted octanol–water partition coefficient (Wildman–Crippen LogP) is 1.63. The summed E-state index contributed by atoms with van der Waals surface area (Å²) < 4.78 is 4.60. The molecule has 0 aliphatic rings. The fourth-order valence-corrected chi connectivity index (χ4v) is 1.86. The Morgan fingerprint density at radius 2 is 2.19 bits per heavy atom. The SMILES string of the molecule is CCOC(=O)/C(=N\O)C(=O)c1ccc(C)s1. The molecule has 0 unspecified atom stereocenters. The Hall–Kier alpha value is -1.69. The highest BCUT2D eigenvalue weighted by Gasteiger charge is 2.25. The van der Waals surface area contributed by atoms with E-state index in [0.717, 1.165) is 4.88 Å². The fraction of sp³-hybridized carbons (Fsp3) is 0.300. The second-order valence-corrected chi connectivity index (χ2v) is 4.20. The fourth-order valence-electron chi connectivity index (χ4n) is 1.05. The van der Waals surface area contributed by atoms with Gasteiger partial charge in [-0.15, -0.1) is 11.3 Å². The zero-order valence-electron chi connectivity index (χ0n) is 8.89. The number of rotatable bonds is 4. The van der Waals surface area contributed by atoms with Gasteiger partial charge in [-0.2, -0.15) is 0 Å². The lowest BCUT2D eigenvalue weighted by molar-refractivity contribution is -0.135. The van der Waals surface area contributed by atoms with Crippen LogP contribution in [0.2, 0.25) is 0 Å². The van der Waals surface area contributed by atoms with E-state index in [9.17, 15) is 9.59 Å². The first kappa shape index (κ1) is 12.4. The summed E-state index contributed by atoms with van der Waals surface area (Å²) in [4.78, 5) is 24.3. The van der Waals surface area contributed by atoms with Gasteiger partial charge in [0.2, 0.25) is 11.5 Å². The van der Waals surface area contributed by atoms with Crippen molar-refractivity contribution < 1.29 is 19.5 Å². The average molecular weight is 241 g/mol. The van der Waals surface area contributed by atoms with Crippen molar-refractivity contribution in [1.29, 1.82) is 0 Å². The van der Waals surface area contributed by atoms with E-state index in [4.69, 9.17) is 5.21 Å². The standard InChI is InChI=1S/C10H11NO4S/c1-3-15-10(13)8(11-14)9(12)7-5-4-6(2)16-7/h4-5,14H,3H2,1-2H3/b11-8-. The summed E-state index contributed by atoms with van der Waals surface area (Å²) in [5, 5.41) is 11.3. The zero-order chi connectivity index (χ0) is 12.1. The molecule has 1 heterocycles. The third-order valence-electron chi connectivity index (χ3n) is 1.75. The quantitative estimate of drug-likeness (QED) is 0.217. The monoisotopic (exact) mass is 241 g/mol. The molecule has 16 heavy (non-hydrogen) atoms. The number of hydrogen-bond donors (Lipinski definition) is 1. The van der Waals surface area contributed by atoms with Gasteiger partial charge in [-0.1, -0.05) is 5.16 Å². The Balaban J connectivity index is 2.91. The van der Waals surface area contributed by atoms with Crippen LogP contribution in [0.25, 0.3) is 0 Å². The Kier molecular flexibility index (Phi) is 4.19. The van der Waals surface area contributed by atoms with Gasteiger partial charge in [0.1, 0.15) is 0 Å². The summed E-state index contributed by atoms with van der Waals surface area (Å²) in [6, 6.07) is 3.32. The maximum absolute atomic E-state index is 11.7. The smallest absolute Gasteiger partial charge is 0.364 e. The molecule has 1 aromatic rings. The van der Waals surface area contributed by atoms with Crippen LogP contribution in [-0.4, -0.2) is 29.3 Å². The number of nitrogens with zero attached hydrogens (tertiary/aromatic N) is 1. The number of esters is 1. The molecule has 1 aromatic heterocycles. The van der Waals surface area contributed by atoms with Crippen LogP contribution < -0.4 is 0 Å². The summed E-state index contributed by atoms with van der Waals surface area (Å²) in [5.41, 5.74) is -0.594. The highest BCUT2D eigenvalue weighted by atomic mass is 32.1. The van der Waals surface area contributed by atoms with Crippen molar-refractivity contribution in [1.82, 2.24) is 0 Å². The molecular formula is C10H11NO4S. The molecule has 86 valence electrons. The number of ether oxygens (including phenoxy) is 1. The predicted molar refractivity (Wildman–Crippen MR) is 59.2 cm³/mol. The molecule has 0 atom stereocenters.